The Morgan fingerprint density at radius 1 is 1.25 bits per heavy atom. The topological polar surface area (TPSA) is 84.9 Å². The third-order valence-electron chi connectivity index (χ3n) is 3.13. The molecule has 1 amide bonds. The van der Waals surface area contributed by atoms with Crippen molar-refractivity contribution in [2.45, 2.75) is 11.3 Å². The van der Waals surface area contributed by atoms with Gasteiger partial charge in [0.25, 0.3) is 5.91 Å². The SMILES string of the molecule is COCCOCCCNC(=O)c1ccc(Br)c(S(=O)(=O)N(C)C)c1. The Hall–Kier alpha value is -1.000. The maximum atomic E-state index is 12.3. The van der Waals surface area contributed by atoms with Crippen LogP contribution in [0.1, 0.15) is 16.8 Å². The molecule has 0 atom stereocenters. The van der Waals surface area contributed by atoms with Crippen LogP contribution in [0.2, 0.25) is 0 Å². The normalized spacial score (nSPS) is 11.7. The lowest BCUT2D eigenvalue weighted by molar-refractivity contribution is 0.0688. The van der Waals surface area contributed by atoms with E-state index in [0.29, 0.717) is 42.8 Å². The first kappa shape index (κ1) is 21.0. The molecular formula is C15H23BrN2O5S. The van der Waals surface area contributed by atoms with Crippen LogP contribution in [-0.4, -0.2) is 66.2 Å². The highest BCUT2D eigenvalue weighted by Crippen LogP contribution is 2.25. The summed E-state index contributed by atoms with van der Waals surface area (Å²) < 4.78 is 36.2. The molecule has 24 heavy (non-hydrogen) atoms. The number of halogens is 1. The molecule has 0 fully saturated rings. The minimum absolute atomic E-state index is 0.0584. The summed E-state index contributed by atoms with van der Waals surface area (Å²) in [5.41, 5.74) is 0.291. The number of ether oxygens (including phenoxy) is 2. The van der Waals surface area contributed by atoms with Gasteiger partial charge in [0.15, 0.2) is 0 Å². The minimum Gasteiger partial charge on any atom is -0.382 e. The monoisotopic (exact) mass is 422 g/mol. The molecule has 1 N–H and O–H groups in total. The van der Waals surface area contributed by atoms with E-state index in [-0.39, 0.29) is 10.8 Å². The van der Waals surface area contributed by atoms with Crippen LogP contribution in [0.5, 0.6) is 0 Å². The Balaban J connectivity index is 2.63. The maximum absolute atomic E-state index is 12.3. The van der Waals surface area contributed by atoms with Gasteiger partial charge < -0.3 is 14.8 Å². The first-order chi connectivity index (χ1) is 11.3. The second-order valence-electron chi connectivity index (χ2n) is 5.15. The molecule has 136 valence electrons. The predicted molar refractivity (Wildman–Crippen MR) is 94.7 cm³/mol. The largest absolute Gasteiger partial charge is 0.382 e. The van der Waals surface area contributed by atoms with Crippen molar-refractivity contribution in [3.8, 4) is 0 Å². The number of hydrogen-bond donors (Lipinski definition) is 1. The summed E-state index contributed by atoms with van der Waals surface area (Å²) in [7, 11) is 0.862. The molecule has 0 bridgehead atoms. The van der Waals surface area contributed by atoms with Gasteiger partial charge in [-0.25, -0.2) is 12.7 Å². The van der Waals surface area contributed by atoms with Crippen molar-refractivity contribution >= 4 is 31.9 Å². The van der Waals surface area contributed by atoms with E-state index in [0.717, 1.165) is 4.31 Å². The molecule has 9 heteroatoms. The van der Waals surface area contributed by atoms with E-state index < -0.39 is 10.0 Å². The number of nitrogens with zero attached hydrogens (tertiary/aromatic N) is 1. The summed E-state index contributed by atoms with van der Waals surface area (Å²) >= 11 is 3.21. The fraction of sp³-hybridized carbons (Fsp3) is 0.533. The summed E-state index contributed by atoms with van der Waals surface area (Å²) in [6.45, 7) is 2.01. The number of sulfonamides is 1. The number of carbonyl (C=O) groups excluding carboxylic acids is 1. The molecule has 0 aromatic heterocycles. The molecule has 7 nitrogen and oxygen atoms in total. The smallest absolute Gasteiger partial charge is 0.251 e. The number of nitrogens with one attached hydrogen (secondary N) is 1. The van der Waals surface area contributed by atoms with Crippen molar-refractivity contribution in [2.75, 3.05) is 47.6 Å². The number of rotatable bonds is 10. The Kier molecular flexibility index (Phi) is 8.85. The van der Waals surface area contributed by atoms with E-state index in [4.69, 9.17) is 9.47 Å². The van der Waals surface area contributed by atoms with Crippen LogP contribution in [0, 0.1) is 0 Å². The first-order valence-corrected chi connectivity index (χ1v) is 9.61. The molecule has 1 rings (SSSR count). The van der Waals surface area contributed by atoms with E-state index >= 15 is 0 Å². The van der Waals surface area contributed by atoms with Crippen molar-refractivity contribution in [1.82, 2.24) is 9.62 Å². The molecule has 1 aromatic rings. The molecule has 0 aliphatic heterocycles. The second kappa shape index (κ2) is 10.1. The molecule has 1 aromatic carbocycles. The van der Waals surface area contributed by atoms with Gasteiger partial charge in [-0.15, -0.1) is 0 Å². The summed E-state index contributed by atoms with van der Waals surface area (Å²) in [5.74, 6) is -0.324. The lowest BCUT2D eigenvalue weighted by atomic mass is 10.2. The standard InChI is InChI=1S/C15H23BrN2O5S/c1-18(2)24(20,21)14-11-12(5-6-13(14)16)15(19)17-7-4-8-23-10-9-22-3/h5-6,11H,4,7-10H2,1-3H3,(H,17,19). The lowest BCUT2D eigenvalue weighted by Gasteiger charge is -2.14. The zero-order chi connectivity index (χ0) is 18.2. The van der Waals surface area contributed by atoms with E-state index in [1.54, 1.807) is 19.2 Å². The summed E-state index contributed by atoms with van der Waals surface area (Å²) in [6.07, 6.45) is 0.662. The fourth-order valence-electron chi connectivity index (χ4n) is 1.76. The van der Waals surface area contributed by atoms with Crippen LogP contribution >= 0.6 is 15.9 Å². The molecule has 0 saturated heterocycles. The molecular weight excluding hydrogens is 400 g/mol. The highest BCUT2D eigenvalue weighted by molar-refractivity contribution is 9.10. The van der Waals surface area contributed by atoms with Gasteiger partial charge in [-0.05, 0) is 40.5 Å². The van der Waals surface area contributed by atoms with Crippen molar-refractivity contribution in [3.63, 3.8) is 0 Å². The van der Waals surface area contributed by atoms with Gasteiger partial charge in [-0.2, -0.15) is 0 Å². The first-order valence-electron chi connectivity index (χ1n) is 7.37. The number of hydrogen-bond acceptors (Lipinski definition) is 5. The van der Waals surface area contributed by atoms with Gasteiger partial charge in [0.2, 0.25) is 10.0 Å². The number of amides is 1. The van der Waals surface area contributed by atoms with Crippen LogP contribution in [0.25, 0.3) is 0 Å². The highest BCUT2D eigenvalue weighted by Gasteiger charge is 2.22. The fourth-order valence-corrected chi connectivity index (χ4v) is 3.61. The third kappa shape index (κ3) is 6.14. The molecule has 0 aliphatic carbocycles. The van der Waals surface area contributed by atoms with E-state index in [2.05, 4.69) is 21.2 Å². The van der Waals surface area contributed by atoms with Crippen molar-refractivity contribution < 1.29 is 22.7 Å². The Morgan fingerprint density at radius 2 is 1.96 bits per heavy atom. The van der Waals surface area contributed by atoms with Crippen molar-refractivity contribution in [1.29, 1.82) is 0 Å². The summed E-state index contributed by atoms with van der Waals surface area (Å²) in [4.78, 5) is 12.2. The molecule has 0 radical (unpaired) electrons. The Bertz CT molecular complexity index is 649. The lowest BCUT2D eigenvalue weighted by Crippen LogP contribution is -2.26. The predicted octanol–water partition coefficient (Wildman–Crippen LogP) is 1.48. The molecule has 0 unspecified atom stereocenters. The molecule has 0 saturated carbocycles. The minimum atomic E-state index is -3.63. The van der Waals surface area contributed by atoms with Gasteiger partial charge in [0.05, 0.1) is 18.1 Å². The van der Waals surface area contributed by atoms with Gasteiger partial charge in [0, 0.05) is 44.4 Å². The van der Waals surface area contributed by atoms with E-state index in [9.17, 15) is 13.2 Å². The van der Waals surface area contributed by atoms with Crippen LogP contribution in [-0.2, 0) is 19.5 Å². The number of carbonyl (C=O) groups is 1. The molecule has 0 aliphatic rings. The Morgan fingerprint density at radius 3 is 2.58 bits per heavy atom. The maximum Gasteiger partial charge on any atom is 0.251 e. The summed E-state index contributed by atoms with van der Waals surface area (Å²) in [6, 6.07) is 4.49. The van der Waals surface area contributed by atoms with Crippen LogP contribution < -0.4 is 5.32 Å². The zero-order valence-corrected chi connectivity index (χ0v) is 16.4. The van der Waals surface area contributed by atoms with E-state index in [1.807, 2.05) is 0 Å². The van der Waals surface area contributed by atoms with Gasteiger partial charge in [-0.1, -0.05) is 0 Å². The Labute approximate surface area is 151 Å². The molecule has 0 spiro atoms. The third-order valence-corrected chi connectivity index (χ3v) is 5.94. The molecule has 0 heterocycles. The van der Waals surface area contributed by atoms with Crippen LogP contribution in [0.15, 0.2) is 27.6 Å². The van der Waals surface area contributed by atoms with Crippen molar-refractivity contribution in [2.24, 2.45) is 0 Å². The van der Waals surface area contributed by atoms with Crippen LogP contribution in [0.3, 0.4) is 0 Å². The number of methoxy groups -OCH3 is 1. The second-order valence-corrected chi connectivity index (χ2v) is 8.12. The number of benzene rings is 1. The van der Waals surface area contributed by atoms with Crippen molar-refractivity contribution in [3.05, 3.63) is 28.2 Å². The van der Waals surface area contributed by atoms with Crippen LogP contribution in [0.4, 0.5) is 0 Å². The highest BCUT2D eigenvalue weighted by atomic mass is 79.9. The quantitative estimate of drug-likeness (QED) is 0.577. The average Bonchev–Trinajstić information content (AvgIpc) is 2.53. The zero-order valence-electron chi connectivity index (χ0n) is 14.0. The van der Waals surface area contributed by atoms with E-state index in [1.165, 1.54) is 20.2 Å². The average molecular weight is 423 g/mol. The van der Waals surface area contributed by atoms with Gasteiger partial charge in [-0.3, -0.25) is 4.79 Å². The van der Waals surface area contributed by atoms with Gasteiger partial charge >= 0.3 is 0 Å². The summed E-state index contributed by atoms with van der Waals surface area (Å²) in [5, 5.41) is 2.74. The van der Waals surface area contributed by atoms with Gasteiger partial charge in [0.1, 0.15) is 0 Å².